The lowest BCUT2D eigenvalue weighted by atomic mass is 9.51. The minimum Gasteiger partial charge on any atom is -0.317 e. The van der Waals surface area contributed by atoms with Crippen molar-refractivity contribution in [1.82, 2.24) is 5.32 Å². The summed E-state index contributed by atoms with van der Waals surface area (Å²) in [5, 5.41) is 3.52. The van der Waals surface area contributed by atoms with Gasteiger partial charge < -0.3 is 5.32 Å². The number of hydrogen-bond acceptors (Lipinski definition) is 1. The molecule has 68 valence electrons. The van der Waals surface area contributed by atoms with Crippen molar-refractivity contribution in [2.45, 2.75) is 38.1 Å². The van der Waals surface area contributed by atoms with Crippen LogP contribution in [0.15, 0.2) is 0 Å². The monoisotopic (exact) mass is 165 g/mol. The molecule has 0 aromatic rings. The SMILES string of the molecule is CNC1CC2CC3CCC2CC31. The molecule has 0 radical (unpaired) electrons. The molecule has 0 aromatic carbocycles. The predicted molar refractivity (Wildman–Crippen MR) is 49.9 cm³/mol. The van der Waals surface area contributed by atoms with Crippen LogP contribution in [-0.2, 0) is 0 Å². The molecule has 1 heteroatoms. The highest BCUT2D eigenvalue weighted by molar-refractivity contribution is 5.01. The molecule has 0 spiro atoms. The van der Waals surface area contributed by atoms with Gasteiger partial charge >= 0.3 is 0 Å². The first-order valence-corrected chi connectivity index (χ1v) is 5.55. The molecule has 5 rings (SSSR count). The van der Waals surface area contributed by atoms with E-state index >= 15 is 0 Å². The number of rotatable bonds is 1. The van der Waals surface area contributed by atoms with Crippen LogP contribution < -0.4 is 5.32 Å². The summed E-state index contributed by atoms with van der Waals surface area (Å²) in [7, 11) is 2.15. The molecule has 0 amide bonds. The van der Waals surface area contributed by atoms with Crippen molar-refractivity contribution in [3.63, 3.8) is 0 Å². The van der Waals surface area contributed by atoms with Crippen LogP contribution in [0, 0.1) is 23.7 Å². The Hall–Kier alpha value is -0.0400. The van der Waals surface area contributed by atoms with E-state index < -0.39 is 0 Å². The lowest BCUT2D eigenvalue weighted by Crippen LogP contribution is -2.53. The minimum absolute atomic E-state index is 0.880. The first-order valence-electron chi connectivity index (χ1n) is 5.55. The van der Waals surface area contributed by atoms with Crippen LogP contribution in [0.3, 0.4) is 0 Å². The van der Waals surface area contributed by atoms with Crippen molar-refractivity contribution < 1.29 is 0 Å². The predicted octanol–water partition coefficient (Wildman–Crippen LogP) is 2.03. The van der Waals surface area contributed by atoms with E-state index in [1.54, 1.807) is 25.7 Å². The Bertz CT molecular complexity index is 187. The van der Waals surface area contributed by atoms with E-state index in [0.29, 0.717) is 0 Å². The summed E-state index contributed by atoms with van der Waals surface area (Å²) in [5.41, 5.74) is 0. The zero-order chi connectivity index (χ0) is 8.13. The first kappa shape index (κ1) is 7.37. The standard InChI is InChI=1S/C11H19N/c1-12-11-6-9-4-8-3-2-7(9)5-10(8)11/h7-12H,2-6H2,1H3. The van der Waals surface area contributed by atoms with Gasteiger partial charge in [-0.05, 0) is 62.8 Å². The summed E-state index contributed by atoms with van der Waals surface area (Å²) in [6, 6.07) is 0.880. The van der Waals surface area contributed by atoms with Gasteiger partial charge in [-0.2, -0.15) is 0 Å². The molecule has 0 aromatic heterocycles. The van der Waals surface area contributed by atoms with Crippen LogP contribution in [0.2, 0.25) is 0 Å². The minimum atomic E-state index is 0.880. The summed E-state index contributed by atoms with van der Waals surface area (Å²) >= 11 is 0. The zero-order valence-electron chi connectivity index (χ0n) is 7.92. The van der Waals surface area contributed by atoms with Gasteiger partial charge in [-0.25, -0.2) is 0 Å². The van der Waals surface area contributed by atoms with Crippen LogP contribution in [-0.4, -0.2) is 13.1 Å². The fraction of sp³-hybridized carbons (Fsp3) is 1.00. The maximum atomic E-state index is 3.52. The van der Waals surface area contributed by atoms with Gasteiger partial charge in [0.2, 0.25) is 0 Å². The van der Waals surface area contributed by atoms with E-state index in [2.05, 4.69) is 12.4 Å². The molecular formula is C11H19N. The smallest absolute Gasteiger partial charge is 0.00978 e. The Kier molecular flexibility index (Phi) is 1.52. The lowest BCUT2D eigenvalue weighted by Gasteiger charge is -2.56. The molecule has 1 N–H and O–H groups in total. The van der Waals surface area contributed by atoms with E-state index in [0.717, 1.165) is 29.7 Å². The Morgan fingerprint density at radius 1 is 0.917 bits per heavy atom. The molecule has 5 saturated carbocycles. The van der Waals surface area contributed by atoms with Crippen molar-refractivity contribution in [1.29, 1.82) is 0 Å². The lowest BCUT2D eigenvalue weighted by molar-refractivity contribution is -0.0388. The fourth-order valence-electron chi connectivity index (χ4n) is 4.22. The quantitative estimate of drug-likeness (QED) is 0.627. The summed E-state index contributed by atoms with van der Waals surface area (Å²) in [4.78, 5) is 0. The number of nitrogens with one attached hydrogen (secondary N) is 1. The average molecular weight is 165 g/mol. The summed E-state index contributed by atoms with van der Waals surface area (Å²) in [6.07, 6.45) is 7.73. The molecule has 5 atom stereocenters. The number of fused-ring (bicyclic) bond motifs is 2. The summed E-state index contributed by atoms with van der Waals surface area (Å²) in [5.74, 6) is 4.39. The van der Waals surface area contributed by atoms with E-state index in [1.807, 2.05) is 0 Å². The van der Waals surface area contributed by atoms with E-state index in [4.69, 9.17) is 0 Å². The van der Waals surface area contributed by atoms with Crippen molar-refractivity contribution in [3.8, 4) is 0 Å². The molecule has 5 aliphatic rings. The summed E-state index contributed by atoms with van der Waals surface area (Å²) in [6.45, 7) is 0. The average Bonchev–Trinajstić information content (AvgIpc) is 2.17. The molecular weight excluding hydrogens is 146 g/mol. The van der Waals surface area contributed by atoms with Crippen molar-refractivity contribution in [3.05, 3.63) is 0 Å². The highest BCUT2D eigenvalue weighted by Gasteiger charge is 2.49. The molecule has 4 bridgehead atoms. The van der Waals surface area contributed by atoms with E-state index in [9.17, 15) is 0 Å². The first-order chi connectivity index (χ1) is 5.88. The van der Waals surface area contributed by atoms with Gasteiger partial charge in [0, 0.05) is 6.04 Å². The molecule has 0 heterocycles. The van der Waals surface area contributed by atoms with Crippen LogP contribution in [0.4, 0.5) is 0 Å². The third kappa shape index (κ3) is 0.834. The molecule has 0 aliphatic heterocycles. The zero-order valence-corrected chi connectivity index (χ0v) is 7.92. The Morgan fingerprint density at radius 2 is 1.75 bits per heavy atom. The maximum absolute atomic E-state index is 3.52. The van der Waals surface area contributed by atoms with Crippen LogP contribution in [0.25, 0.3) is 0 Å². The van der Waals surface area contributed by atoms with Gasteiger partial charge in [-0.15, -0.1) is 0 Å². The fourth-order valence-corrected chi connectivity index (χ4v) is 4.22. The third-order valence-corrected chi connectivity index (χ3v) is 4.81. The summed E-state index contributed by atoms with van der Waals surface area (Å²) < 4.78 is 0. The molecule has 0 saturated heterocycles. The van der Waals surface area contributed by atoms with Gasteiger partial charge in [0.1, 0.15) is 0 Å². The van der Waals surface area contributed by atoms with Crippen LogP contribution in [0.5, 0.6) is 0 Å². The molecule has 12 heavy (non-hydrogen) atoms. The Balaban J connectivity index is 1.86. The largest absolute Gasteiger partial charge is 0.317 e. The topological polar surface area (TPSA) is 12.0 Å². The highest BCUT2D eigenvalue weighted by Crippen LogP contribution is 2.55. The molecule has 5 fully saturated rings. The van der Waals surface area contributed by atoms with Gasteiger partial charge in [0.15, 0.2) is 0 Å². The Morgan fingerprint density at radius 3 is 2.33 bits per heavy atom. The number of hydrogen-bond donors (Lipinski definition) is 1. The van der Waals surface area contributed by atoms with E-state index in [1.165, 1.54) is 6.42 Å². The maximum Gasteiger partial charge on any atom is 0.00978 e. The second-order valence-corrected chi connectivity index (χ2v) is 5.12. The third-order valence-electron chi connectivity index (χ3n) is 4.81. The van der Waals surface area contributed by atoms with Gasteiger partial charge in [-0.3, -0.25) is 0 Å². The second kappa shape index (κ2) is 2.47. The second-order valence-electron chi connectivity index (χ2n) is 5.12. The van der Waals surface area contributed by atoms with Crippen LogP contribution >= 0.6 is 0 Å². The van der Waals surface area contributed by atoms with Crippen molar-refractivity contribution >= 4 is 0 Å². The van der Waals surface area contributed by atoms with Crippen LogP contribution in [0.1, 0.15) is 32.1 Å². The normalized spacial score (nSPS) is 56.2. The van der Waals surface area contributed by atoms with E-state index in [-0.39, 0.29) is 0 Å². The van der Waals surface area contributed by atoms with Gasteiger partial charge in [0.05, 0.1) is 0 Å². The van der Waals surface area contributed by atoms with Gasteiger partial charge in [-0.1, -0.05) is 0 Å². The van der Waals surface area contributed by atoms with Gasteiger partial charge in [0.25, 0.3) is 0 Å². The highest BCUT2D eigenvalue weighted by atomic mass is 14.9. The molecule has 5 unspecified atom stereocenters. The van der Waals surface area contributed by atoms with Crippen molar-refractivity contribution in [2.24, 2.45) is 23.7 Å². The van der Waals surface area contributed by atoms with Crippen molar-refractivity contribution in [2.75, 3.05) is 7.05 Å². The Labute approximate surface area is 74.9 Å². The molecule has 5 aliphatic carbocycles. The molecule has 1 nitrogen and oxygen atoms in total.